The van der Waals surface area contributed by atoms with Gasteiger partial charge in [0.15, 0.2) is 6.61 Å². The van der Waals surface area contributed by atoms with Crippen LogP contribution in [0.1, 0.15) is 25.3 Å². The van der Waals surface area contributed by atoms with Crippen LogP contribution in [0.5, 0.6) is 5.75 Å². The molecular weight excluding hydrogens is 224 g/mol. The summed E-state index contributed by atoms with van der Waals surface area (Å²) in [5, 5.41) is 0. The Bertz CT molecular complexity index is 357. The van der Waals surface area contributed by atoms with Crippen LogP contribution in [-0.2, 0) is 0 Å². The van der Waals surface area contributed by atoms with Gasteiger partial charge in [-0.1, -0.05) is 19.9 Å². The van der Waals surface area contributed by atoms with Gasteiger partial charge in [0.25, 0.3) is 0 Å². The van der Waals surface area contributed by atoms with E-state index in [1.54, 1.807) is 13.8 Å². The summed E-state index contributed by atoms with van der Waals surface area (Å²) < 4.78 is 53.8. The molecule has 0 atom stereocenters. The van der Waals surface area contributed by atoms with Crippen LogP contribution in [0.3, 0.4) is 0 Å². The van der Waals surface area contributed by atoms with E-state index in [2.05, 4.69) is 4.74 Å². The monoisotopic (exact) mass is 236 g/mol. The fraction of sp³-hybridized carbons (Fsp3) is 0.455. The van der Waals surface area contributed by atoms with Crippen LogP contribution >= 0.6 is 0 Å². The van der Waals surface area contributed by atoms with Crippen molar-refractivity contribution < 1.29 is 22.3 Å². The normalized spacial score (nSPS) is 11.9. The van der Waals surface area contributed by atoms with Crippen molar-refractivity contribution in [2.75, 3.05) is 6.61 Å². The highest BCUT2D eigenvalue weighted by molar-refractivity contribution is 5.36. The van der Waals surface area contributed by atoms with Gasteiger partial charge < -0.3 is 4.74 Å². The predicted octanol–water partition coefficient (Wildman–Crippen LogP) is 3.89. The number of benzene rings is 1. The second-order valence-electron chi connectivity index (χ2n) is 3.71. The number of halogens is 4. The van der Waals surface area contributed by atoms with Crippen molar-refractivity contribution in [1.29, 1.82) is 0 Å². The summed E-state index contributed by atoms with van der Waals surface area (Å²) in [6, 6.07) is 3.87. The van der Waals surface area contributed by atoms with Gasteiger partial charge in [-0.3, -0.25) is 0 Å². The third kappa shape index (κ3) is 3.40. The molecule has 0 aliphatic heterocycles. The fourth-order valence-electron chi connectivity index (χ4n) is 1.36. The summed E-state index contributed by atoms with van der Waals surface area (Å²) in [6.45, 7) is 1.98. The van der Waals surface area contributed by atoms with Gasteiger partial charge in [-0.25, -0.2) is 4.39 Å². The van der Waals surface area contributed by atoms with Crippen molar-refractivity contribution in [3.05, 3.63) is 29.6 Å². The van der Waals surface area contributed by atoms with Crippen molar-refractivity contribution >= 4 is 0 Å². The summed E-state index contributed by atoms with van der Waals surface area (Å²) in [5.74, 6) is -0.827. The maximum atomic E-state index is 13.4. The molecule has 0 unspecified atom stereocenters. The lowest BCUT2D eigenvalue weighted by atomic mass is 10.0. The maximum absolute atomic E-state index is 13.4. The van der Waals surface area contributed by atoms with E-state index >= 15 is 0 Å². The molecule has 0 bridgehead atoms. The Morgan fingerprint density at radius 1 is 1.25 bits per heavy atom. The van der Waals surface area contributed by atoms with E-state index in [1.807, 2.05) is 0 Å². The van der Waals surface area contributed by atoms with Crippen molar-refractivity contribution in [3.8, 4) is 5.75 Å². The average molecular weight is 236 g/mol. The van der Waals surface area contributed by atoms with Crippen LogP contribution in [-0.4, -0.2) is 12.8 Å². The van der Waals surface area contributed by atoms with E-state index in [0.29, 0.717) is 0 Å². The topological polar surface area (TPSA) is 9.23 Å². The van der Waals surface area contributed by atoms with Gasteiger partial charge in [-0.2, -0.15) is 13.2 Å². The van der Waals surface area contributed by atoms with Gasteiger partial charge >= 0.3 is 6.18 Å². The van der Waals surface area contributed by atoms with Gasteiger partial charge in [-0.15, -0.1) is 0 Å². The van der Waals surface area contributed by atoms with Crippen molar-refractivity contribution in [2.45, 2.75) is 25.9 Å². The molecule has 1 aromatic carbocycles. The lowest BCUT2D eigenvalue weighted by Crippen LogP contribution is -2.20. The van der Waals surface area contributed by atoms with Crippen LogP contribution in [0.2, 0.25) is 0 Å². The zero-order valence-corrected chi connectivity index (χ0v) is 8.94. The van der Waals surface area contributed by atoms with Gasteiger partial charge in [0.2, 0.25) is 0 Å². The molecule has 16 heavy (non-hydrogen) atoms. The molecule has 0 aromatic heterocycles. The number of rotatable bonds is 3. The Morgan fingerprint density at radius 2 is 1.88 bits per heavy atom. The van der Waals surface area contributed by atoms with E-state index < -0.39 is 18.6 Å². The van der Waals surface area contributed by atoms with Crippen molar-refractivity contribution in [1.82, 2.24) is 0 Å². The Kier molecular flexibility index (Phi) is 3.78. The molecule has 0 aliphatic rings. The van der Waals surface area contributed by atoms with Gasteiger partial charge in [0.1, 0.15) is 11.6 Å². The van der Waals surface area contributed by atoms with Crippen molar-refractivity contribution in [3.63, 3.8) is 0 Å². The number of alkyl halides is 3. The first-order chi connectivity index (χ1) is 7.31. The molecule has 0 saturated heterocycles. The zero-order chi connectivity index (χ0) is 12.3. The molecule has 1 aromatic rings. The lowest BCUT2D eigenvalue weighted by molar-refractivity contribution is -0.153. The van der Waals surface area contributed by atoms with E-state index in [-0.39, 0.29) is 17.2 Å². The second kappa shape index (κ2) is 4.72. The summed E-state index contributed by atoms with van der Waals surface area (Å²) in [4.78, 5) is 0. The van der Waals surface area contributed by atoms with E-state index in [4.69, 9.17) is 0 Å². The molecule has 0 spiro atoms. The van der Waals surface area contributed by atoms with E-state index in [9.17, 15) is 17.6 Å². The Hall–Kier alpha value is -1.26. The number of hydrogen-bond donors (Lipinski definition) is 0. The highest BCUT2D eigenvalue weighted by atomic mass is 19.4. The first-order valence-corrected chi connectivity index (χ1v) is 4.79. The molecule has 0 heterocycles. The minimum absolute atomic E-state index is 0.0488. The number of ether oxygens (including phenoxy) is 1. The highest BCUT2D eigenvalue weighted by Crippen LogP contribution is 2.30. The third-order valence-corrected chi connectivity index (χ3v) is 1.98. The maximum Gasteiger partial charge on any atom is 0.422 e. The first-order valence-electron chi connectivity index (χ1n) is 4.79. The third-order valence-electron chi connectivity index (χ3n) is 1.98. The Morgan fingerprint density at radius 3 is 2.38 bits per heavy atom. The molecule has 0 N–H and O–H groups in total. The first kappa shape index (κ1) is 12.8. The van der Waals surface area contributed by atoms with Gasteiger partial charge in [0.05, 0.1) is 0 Å². The molecule has 0 aliphatic carbocycles. The molecular formula is C11H12F4O. The largest absolute Gasteiger partial charge is 0.484 e. The summed E-state index contributed by atoms with van der Waals surface area (Å²) >= 11 is 0. The van der Waals surface area contributed by atoms with Crippen LogP contribution in [0.15, 0.2) is 18.2 Å². The minimum atomic E-state index is -4.42. The molecule has 0 radical (unpaired) electrons. The Balaban J connectivity index is 2.91. The second-order valence-corrected chi connectivity index (χ2v) is 3.71. The standard InChI is InChI=1S/C11H12F4O/c1-7(2)10-8(12)4-3-5-9(10)16-6-11(13,14)15/h3-5,7H,6H2,1-2H3. The quantitative estimate of drug-likeness (QED) is 0.723. The number of hydrogen-bond acceptors (Lipinski definition) is 1. The zero-order valence-electron chi connectivity index (χ0n) is 8.94. The summed E-state index contributed by atoms with van der Waals surface area (Å²) in [7, 11) is 0. The summed E-state index contributed by atoms with van der Waals surface area (Å²) in [5.41, 5.74) is 0.173. The highest BCUT2D eigenvalue weighted by Gasteiger charge is 2.29. The molecule has 0 saturated carbocycles. The molecule has 1 nitrogen and oxygen atoms in total. The average Bonchev–Trinajstić information content (AvgIpc) is 2.12. The Labute approximate surface area is 91.0 Å². The smallest absolute Gasteiger partial charge is 0.422 e. The summed E-state index contributed by atoms with van der Waals surface area (Å²) in [6.07, 6.45) is -4.42. The van der Waals surface area contributed by atoms with Crippen molar-refractivity contribution in [2.24, 2.45) is 0 Å². The van der Waals surface area contributed by atoms with Gasteiger partial charge in [-0.05, 0) is 18.1 Å². The molecule has 0 amide bonds. The van der Waals surface area contributed by atoms with Crippen LogP contribution < -0.4 is 4.74 Å². The predicted molar refractivity (Wildman–Crippen MR) is 52.0 cm³/mol. The fourth-order valence-corrected chi connectivity index (χ4v) is 1.36. The van der Waals surface area contributed by atoms with E-state index in [1.165, 1.54) is 18.2 Å². The lowest BCUT2D eigenvalue weighted by Gasteiger charge is -2.15. The van der Waals surface area contributed by atoms with E-state index in [0.717, 1.165) is 0 Å². The van der Waals surface area contributed by atoms with Crippen LogP contribution in [0.25, 0.3) is 0 Å². The molecule has 0 fully saturated rings. The molecule has 5 heteroatoms. The van der Waals surface area contributed by atoms with Crippen LogP contribution in [0.4, 0.5) is 17.6 Å². The molecule has 90 valence electrons. The van der Waals surface area contributed by atoms with Crippen LogP contribution in [0, 0.1) is 5.82 Å². The minimum Gasteiger partial charge on any atom is -0.484 e. The van der Waals surface area contributed by atoms with Gasteiger partial charge in [0, 0.05) is 5.56 Å². The SMILES string of the molecule is CC(C)c1c(F)cccc1OCC(F)(F)F. The molecule has 1 rings (SSSR count).